The van der Waals surface area contributed by atoms with E-state index in [-0.39, 0.29) is 10.6 Å². The van der Waals surface area contributed by atoms with Crippen molar-refractivity contribution in [1.29, 1.82) is 0 Å². The Hall–Kier alpha value is -2.63. The fourth-order valence-corrected chi connectivity index (χ4v) is 4.18. The summed E-state index contributed by atoms with van der Waals surface area (Å²) in [5.41, 5.74) is 0.556. The second-order valence-electron chi connectivity index (χ2n) is 5.96. The minimum absolute atomic E-state index is 0.130. The molecule has 0 spiro atoms. The normalized spacial score (nSPS) is 14.0. The Labute approximate surface area is 147 Å². The van der Waals surface area contributed by atoms with Crippen molar-refractivity contribution in [2.24, 2.45) is 0 Å². The summed E-state index contributed by atoms with van der Waals surface area (Å²) >= 11 is 0. The quantitative estimate of drug-likeness (QED) is 0.736. The van der Waals surface area contributed by atoms with Crippen molar-refractivity contribution < 1.29 is 13.5 Å². The molecule has 2 N–H and O–H groups in total. The lowest BCUT2D eigenvalue weighted by molar-refractivity contribution is 0.472. The predicted molar refractivity (Wildman–Crippen MR) is 97.8 cm³/mol. The van der Waals surface area contributed by atoms with Crippen LogP contribution in [0.5, 0.6) is 5.75 Å². The Morgan fingerprint density at radius 2 is 1.24 bits per heavy atom. The van der Waals surface area contributed by atoms with Gasteiger partial charge in [-0.25, -0.2) is 8.42 Å². The third-order valence-corrected chi connectivity index (χ3v) is 5.76. The molecule has 4 nitrogen and oxygen atoms in total. The van der Waals surface area contributed by atoms with E-state index in [4.69, 9.17) is 0 Å². The van der Waals surface area contributed by atoms with E-state index in [0.29, 0.717) is 0 Å². The zero-order valence-corrected chi connectivity index (χ0v) is 14.6. The highest BCUT2D eigenvalue weighted by atomic mass is 32.2. The van der Waals surface area contributed by atoms with Crippen molar-refractivity contribution in [3.05, 3.63) is 96.1 Å². The van der Waals surface area contributed by atoms with E-state index in [1.165, 1.54) is 0 Å². The number of phenolic OH excluding ortho intramolecular Hbond substituents is 1. The van der Waals surface area contributed by atoms with Gasteiger partial charge in [-0.2, -0.15) is 4.72 Å². The topological polar surface area (TPSA) is 66.4 Å². The Morgan fingerprint density at radius 1 is 0.760 bits per heavy atom. The van der Waals surface area contributed by atoms with Crippen LogP contribution in [0, 0.1) is 0 Å². The van der Waals surface area contributed by atoms with Gasteiger partial charge in [0.25, 0.3) is 0 Å². The van der Waals surface area contributed by atoms with Gasteiger partial charge >= 0.3 is 0 Å². The number of aromatic hydroxyl groups is 1. The van der Waals surface area contributed by atoms with Crippen molar-refractivity contribution in [1.82, 2.24) is 4.72 Å². The lowest BCUT2D eigenvalue weighted by Crippen LogP contribution is -2.44. The molecule has 0 aliphatic rings. The molecule has 1 unspecified atom stereocenters. The summed E-state index contributed by atoms with van der Waals surface area (Å²) < 4.78 is 28.6. The van der Waals surface area contributed by atoms with Gasteiger partial charge in [0.05, 0.1) is 10.4 Å². The summed E-state index contributed by atoms with van der Waals surface area (Å²) in [6, 6.07) is 24.2. The average Bonchev–Trinajstić information content (AvgIpc) is 2.63. The minimum atomic E-state index is -3.74. The van der Waals surface area contributed by atoms with Gasteiger partial charge in [-0.1, -0.05) is 60.7 Å². The maximum atomic E-state index is 12.9. The summed E-state index contributed by atoms with van der Waals surface area (Å²) in [4.78, 5) is 0.205. The van der Waals surface area contributed by atoms with Crippen LogP contribution in [0.1, 0.15) is 18.1 Å². The Kier molecular flexibility index (Phi) is 4.61. The molecule has 0 aliphatic heterocycles. The SMILES string of the molecule is CC(NS(=O)(=O)c1ccccc1)(c1ccccc1)c1ccc(O)cc1. The van der Waals surface area contributed by atoms with Crippen LogP contribution >= 0.6 is 0 Å². The van der Waals surface area contributed by atoms with Gasteiger partial charge in [-0.05, 0) is 42.3 Å². The van der Waals surface area contributed by atoms with Gasteiger partial charge in [0.1, 0.15) is 5.75 Å². The molecule has 1 atom stereocenters. The Bertz CT molecular complexity index is 939. The molecule has 0 radical (unpaired) electrons. The van der Waals surface area contributed by atoms with Crippen molar-refractivity contribution in [3.8, 4) is 5.75 Å². The first-order chi connectivity index (χ1) is 11.9. The average molecular weight is 353 g/mol. The second kappa shape index (κ2) is 6.70. The van der Waals surface area contributed by atoms with Crippen LogP contribution in [-0.4, -0.2) is 13.5 Å². The zero-order valence-electron chi connectivity index (χ0n) is 13.8. The van der Waals surface area contributed by atoms with Gasteiger partial charge in [-0.3, -0.25) is 0 Å². The van der Waals surface area contributed by atoms with Crippen molar-refractivity contribution in [2.45, 2.75) is 17.4 Å². The summed E-state index contributed by atoms with van der Waals surface area (Å²) in [6.07, 6.45) is 0. The molecule has 0 aromatic heterocycles. The fourth-order valence-electron chi connectivity index (χ4n) is 2.78. The predicted octanol–water partition coefficient (Wildman–Crippen LogP) is 3.63. The maximum absolute atomic E-state index is 12.9. The molecule has 0 heterocycles. The number of benzene rings is 3. The van der Waals surface area contributed by atoms with Crippen LogP contribution in [0.15, 0.2) is 89.8 Å². The zero-order chi connectivity index (χ0) is 17.9. The van der Waals surface area contributed by atoms with Crippen LogP contribution in [0.25, 0.3) is 0 Å². The third kappa shape index (κ3) is 3.57. The molecule has 0 saturated heterocycles. The van der Waals surface area contributed by atoms with E-state index in [0.717, 1.165) is 11.1 Å². The van der Waals surface area contributed by atoms with Gasteiger partial charge in [0.15, 0.2) is 0 Å². The van der Waals surface area contributed by atoms with Crippen LogP contribution in [0.2, 0.25) is 0 Å². The molecule has 0 aliphatic carbocycles. The highest BCUT2D eigenvalue weighted by Crippen LogP contribution is 2.32. The van der Waals surface area contributed by atoms with Crippen molar-refractivity contribution in [2.75, 3.05) is 0 Å². The van der Waals surface area contributed by atoms with Crippen LogP contribution in [0.3, 0.4) is 0 Å². The van der Waals surface area contributed by atoms with E-state index >= 15 is 0 Å². The molecular weight excluding hydrogens is 334 g/mol. The molecule has 128 valence electrons. The van der Waals surface area contributed by atoms with Gasteiger partial charge in [0.2, 0.25) is 10.0 Å². The lowest BCUT2D eigenvalue weighted by atomic mass is 9.86. The Balaban J connectivity index is 2.11. The first-order valence-corrected chi connectivity index (χ1v) is 9.34. The largest absolute Gasteiger partial charge is 0.508 e. The van der Waals surface area contributed by atoms with Crippen LogP contribution in [0.4, 0.5) is 0 Å². The van der Waals surface area contributed by atoms with E-state index in [1.807, 2.05) is 37.3 Å². The third-order valence-electron chi connectivity index (χ3n) is 4.19. The molecule has 5 heteroatoms. The van der Waals surface area contributed by atoms with E-state index in [9.17, 15) is 13.5 Å². The van der Waals surface area contributed by atoms with E-state index in [2.05, 4.69) is 4.72 Å². The Morgan fingerprint density at radius 3 is 1.80 bits per heavy atom. The van der Waals surface area contributed by atoms with Gasteiger partial charge < -0.3 is 5.11 Å². The van der Waals surface area contributed by atoms with E-state index < -0.39 is 15.6 Å². The van der Waals surface area contributed by atoms with Gasteiger partial charge in [0, 0.05) is 0 Å². The second-order valence-corrected chi connectivity index (χ2v) is 7.64. The summed E-state index contributed by atoms with van der Waals surface area (Å²) in [7, 11) is -3.74. The molecule has 3 aromatic carbocycles. The van der Waals surface area contributed by atoms with Crippen molar-refractivity contribution in [3.63, 3.8) is 0 Å². The number of rotatable bonds is 5. The standard InChI is InChI=1S/C20H19NO3S/c1-20(16-8-4-2-5-9-16,17-12-14-18(22)15-13-17)21-25(23,24)19-10-6-3-7-11-19/h2-15,21-22H,1H3. The van der Waals surface area contributed by atoms with Crippen molar-refractivity contribution >= 4 is 10.0 Å². The molecule has 3 aromatic rings. The molecule has 0 saturated carbocycles. The number of hydrogen-bond donors (Lipinski definition) is 2. The number of sulfonamides is 1. The lowest BCUT2D eigenvalue weighted by Gasteiger charge is -2.32. The van der Waals surface area contributed by atoms with E-state index in [1.54, 1.807) is 54.6 Å². The minimum Gasteiger partial charge on any atom is -0.508 e. The molecular formula is C20H19NO3S. The first-order valence-electron chi connectivity index (χ1n) is 7.86. The molecule has 0 bridgehead atoms. The maximum Gasteiger partial charge on any atom is 0.241 e. The fraction of sp³-hybridized carbons (Fsp3) is 0.100. The number of phenols is 1. The monoisotopic (exact) mass is 353 g/mol. The van der Waals surface area contributed by atoms with Gasteiger partial charge in [-0.15, -0.1) is 0 Å². The number of hydrogen-bond acceptors (Lipinski definition) is 3. The smallest absolute Gasteiger partial charge is 0.241 e. The highest BCUT2D eigenvalue weighted by Gasteiger charge is 2.34. The molecule has 25 heavy (non-hydrogen) atoms. The molecule has 3 rings (SSSR count). The summed E-state index contributed by atoms with van der Waals surface area (Å²) in [5.74, 6) is 0.130. The molecule has 0 fully saturated rings. The van der Waals surface area contributed by atoms with Crippen LogP contribution < -0.4 is 4.72 Å². The van der Waals surface area contributed by atoms with Crippen LogP contribution in [-0.2, 0) is 15.6 Å². The first kappa shape index (κ1) is 17.2. The number of nitrogens with one attached hydrogen (secondary N) is 1. The summed E-state index contributed by atoms with van der Waals surface area (Å²) in [5, 5.41) is 9.56. The molecule has 0 amide bonds. The summed E-state index contributed by atoms with van der Waals surface area (Å²) in [6.45, 7) is 1.81. The highest BCUT2D eigenvalue weighted by molar-refractivity contribution is 7.89.